The number of methoxy groups -OCH3 is 1. The van der Waals surface area contributed by atoms with Gasteiger partial charge in [0.2, 0.25) is 0 Å². The largest absolute Gasteiger partial charge is 1.00 e. The number of benzene rings is 1. The van der Waals surface area contributed by atoms with Gasteiger partial charge in [0.1, 0.15) is 6.73 Å². The van der Waals surface area contributed by atoms with Gasteiger partial charge in [0.25, 0.3) is 0 Å². The van der Waals surface area contributed by atoms with Crippen molar-refractivity contribution >= 4 is 10.9 Å². The van der Waals surface area contributed by atoms with Gasteiger partial charge in [-0.05, 0) is 11.8 Å². The molecule has 0 saturated heterocycles. The van der Waals surface area contributed by atoms with Crippen LogP contribution in [0.1, 0.15) is 5.56 Å². The molecule has 0 unspecified atom stereocenters. The SMILES string of the molecule is COc1nccc2[c-]cn(COCc3ccccc3)c12.[Li+]. The van der Waals surface area contributed by atoms with E-state index < -0.39 is 0 Å². The fraction of sp³-hybridized carbons (Fsp3) is 0.188. The van der Waals surface area contributed by atoms with Crippen molar-refractivity contribution in [2.24, 2.45) is 0 Å². The fourth-order valence-corrected chi connectivity index (χ4v) is 2.13. The van der Waals surface area contributed by atoms with Crippen LogP contribution in [0.15, 0.2) is 48.8 Å². The summed E-state index contributed by atoms with van der Waals surface area (Å²) in [6.07, 6.45) is 3.58. The van der Waals surface area contributed by atoms with Gasteiger partial charge in [0, 0.05) is 5.52 Å². The third-order valence-electron chi connectivity index (χ3n) is 3.09. The number of aromatic nitrogens is 2. The molecule has 1 aromatic carbocycles. The Morgan fingerprint density at radius 1 is 1.19 bits per heavy atom. The van der Waals surface area contributed by atoms with Gasteiger partial charge < -0.3 is 14.0 Å². The second-order valence-electron chi connectivity index (χ2n) is 4.42. The summed E-state index contributed by atoms with van der Waals surface area (Å²) in [4.78, 5) is 4.21. The van der Waals surface area contributed by atoms with Gasteiger partial charge in [0.05, 0.1) is 13.7 Å². The van der Waals surface area contributed by atoms with Crippen molar-refractivity contribution in [2.45, 2.75) is 13.3 Å². The Morgan fingerprint density at radius 3 is 2.76 bits per heavy atom. The minimum atomic E-state index is 0. The molecule has 0 aliphatic rings. The molecule has 0 spiro atoms. The molecule has 4 nitrogen and oxygen atoms in total. The molecule has 0 aliphatic heterocycles. The molecule has 21 heavy (non-hydrogen) atoms. The van der Waals surface area contributed by atoms with Crippen LogP contribution in [0, 0.1) is 6.07 Å². The number of hydrogen-bond donors (Lipinski definition) is 0. The molecule has 3 rings (SSSR count). The van der Waals surface area contributed by atoms with Crippen molar-refractivity contribution in [3.05, 3.63) is 60.4 Å². The first-order valence-corrected chi connectivity index (χ1v) is 6.39. The molecule has 2 aromatic heterocycles. The zero-order chi connectivity index (χ0) is 13.8. The predicted molar refractivity (Wildman–Crippen MR) is 76.4 cm³/mol. The summed E-state index contributed by atoms with van der Waals surface area (Å²) < 4.78 is 13.0. The Kier molecular flexibility index (Phi) is 5.46. The Hall–Kier alpha value is -1.73. The van der Waals surface area contributed by atoms with E-state index in [2.05, 4.69) is 11.1 Å². The van der Waals surface area contributed by atoms with Gasteiger partial charge in [0.15, 0.2) is 5.88 Å². The normalized spacial score (nSPS) is 10.3. The van der Waals surface area contributed by atoms with Crippen molar-refractivity contribution in [3.8, 4) is 5.88 Å². The molecule has 0 N–H and O–H groups in total. The molecular weight excluding hydrogens is 259 g/mol. The fourth-order valence-electron chi connectivity index (χ4n) is 2.13. The topological polar surface area (TPSA) is 36.3 Å². The van der Waals surface area contributed by atoms with Crippen LogP contribution in [-0.2, 0) is 18.1 Å². The van der Waals surface area contributed by atoms with Crippen LogP contribution in [-0.4, -0.2) is 16.7 Å². The summed E-state index contributed by atoms with van der Waals surface area (Å²) in [6, 6.07) is 15.2. The Morgan fingerprint density at radius 2 is 2.00 bits per heavy atom. The molecule has 0 atom stereocenters. The van der Waals surface area contributed by atoms with Crippen LogP contribution in [0.4, 0.5) is 0 Å². The Bertz CT molecular complexity index is 698. The quantitative estimate of drug-likeness (QED) is 0.486. The molecule has 0 fully saturated rings. The van der Waals surface area contributed by atoms with Gasteiger partial charge in [-0.3, -0.25) is 0 Å². The molecule has 102 valence electrons. The number of nitrogens with zero attached hydrogens (tertiary/aromatic N) is 2. The summed E-state index contributed by atoms with van der Waals surface area (Å²) >= 11 is 0. The number of rotatable bonds is 5. The average molecular weight is 274 g/mol. The van der Waals surface area contributed by atoms with Crippen LogP contribution < -0.4 is 23.6 Å². The predicted octanol–water partition coefficient (Wildman–Crippen LogP) is 0.0234. The maximum Gasteiger partial charge on any atom is 1.00 e. The van der Waals surface area contributed by atoms with Crippen LogP contribution >= 0.6 is 0 Å². The Labute approximate surface area is 135 Å². The number of fused-ring (bicyclic) bond motifs is 1. The molecule has 0 amide bonds. The molecule has 0 bridgehead atoms. The molecule has 0 radical (unpaired) electrons. The van der Waals surface area contributed by atoms with Crippen molar-refractivity contribution < 1.29 is 28.3 Å². The van der Waals surface area contributed by atoms with Gasteiger partial charge in [-0.1, -0.05) is 36.5 Å². The Balaban J connectivity index is 0.00000161. The molecule has 5 heteroatoms. The second kappa shape index (κ2) is 7.33. The van der Waals surface area contributed by atoms with Crippen molar-refractivity contribution in [3.63, 3.8) is 0 Å². The van der Waals surface area contributed by atoms with Gasteiger partial charge >= 0.3 is 18.9 Å². The molecule has 3 aromatic rings. The average Bonchev–Trinajstić information content (AvgIpc) is 2.92. The van der Waals surface area contributed by atoms with Crippen LogP contribution in [0.5, 0.6) is 5.88 Å². The minimum Gasteiger partial charge on any atom is -0.489 e. The first kappa shape index (κ1) is 15.7. The maximum absolute atomic E-state index is 5.73. The van der Waals surface area contributed by atoms with Gasteiger partial charge in [-0.2, -0.15) is 11.5 Å². The van der Waals surface area contributed by atoms with Crippen LogP contribution in [0.2, 0.25) is 0 Å². The van der Waals surface area contributed by atoms with Crippen molar-refractivity contribution in [2.75, 3.05) is 7.11 Å². The van der Waals surface area contributed by atoms with Crippen LogP contribution in [0.3, 0.4) is 0 Å². The minimum absolute atomic E-state index is 0. The molecule has 0 aliphatic carbocycles. The smallest absolute Gasteiger partial charge is 0.489 e. The third-order valence-corrected chi connectivity index (χ3v) is 3.09. The summed E-state index contributed by atoms with van der Waals surface area (Å²) in [6.45, 7) is 1.01. The third kappa shape index (κ3) is 3.48. The van der Waals surface area contributed by atoms with E-state index in [4.69, 9.17) is 9.47 Å². The first-order valence-electron chi connectivity index (χ1n) is 6.39. The van der Waals surface area contributed by atoms with Crippen molar-refractivity contribution in [1.29, 1.82) is 0 Å². The van der Waals surface area contributed by atoms with E-state index in [0.29, 0.717) is 19.2 Å². The zero-order valence-electron chi connectivity index (χ0n) is 12.2. The summed E-state index contributed by atoms with van der Waals surface area (Å²) in [5.74, 6) is 0.590. The molecule has 0 saturated carbocycles. The van der Waals surface area contributed by atoms with E-state index in [1.807, 2.05) is 47.2 Å². The van der Waals surface area contributed by atoms with Gasteiger partial charge in [-0.25, -0.2) is 4.98 Å². The van der Waals surface area contributed by atoms with Crippen LogP contribution in [0.25, 0.3) is 10.9 Å². The number of ether oxygens (including phenoxy) is 2. The van der Waals surface area contributed by atoms with E-state index in [9.17, 15) is 0 Å². The molecule has 2 heterocycles. The first-order chi connectivity index (χ1) is 9.88. The van der Waals surface area contributed by atoms with E-state index in [-0.39, 0.29) is 18.9 Å². The summed E-state index contributed by atoms with van der Waals surface area (Å²) in [5, 5.41) is 0.972. The van der Waals surface area contributed by atoms with E-state index >= 15 is 0 Å². The molecular formula is C16H15LiN2O2. The maximum atomic E-state index is 5.73. The van der Waals surface area contributed by atoms with Gasteiger partial charge in [-0.15, -0.1) is 6.07 Å². The number of hydrogen-bond acceptors (Lipinski definition) is 3. The standard InChI is InChI=1S/C16H15N2O2.Li/c1-19-16-15-14(7-9-17-16)8-10-18(15)12-20-11-13-5-3-2-4-6-13;/h2-7,9-10H,11-12H2,1H3;/q-1;+1. The van der Waals surface area contributed by atoms with E-state index in [0.717, 1.165) is 16.5 Å². The number of pyridine rings is 1. The zero-order valence-corrected chi connectivity index (χ0v) is 12.2. The monoisotopic (exact) mass is 274 g/mol. The summed E-state index contributed by atoms with van der Waals surface area (Å²) in [5.41, 5.74) is 2.06. The van der Waals surface area contributed by atoms with E-state index in [1.165, 1.54) is 0 Å². The van der Waals surface area contributed by atoms with E-state index in [1.54, 1.807) is 13.3 Å². The second-order valence-corrected chi connectivity index (χ2v) is 4.42. The van der Waals surface area contributed by atoms with Crippen molar-refractivity contribution in [1.82, 2.24) is 9.55 Å². The summed E-state index contributed by atoms with van der Waals surface area (Å²) in [7, 11) is 1.62.